The summed E-state index contributed by atoms with van der Waals surface area (Å²) in [6, 6.07) is 7.98. The summed E-state index contributed by atoms with van der Waals surface area (Å²) >= 11 is 0. The molecule has 120 valence electrons. The molecular formula is C16H22N2O4. The van der Waals surface area contributed by atoms with Gasteiger partial charge in [0.1, 0.15) is 5.60 Å². The van der Waals surface area contributed by atoms with Crippen molar-refractivity contribution in [3.8, 4) is 0 Å². The van der Waals surface area contributed by atoms with Crippen molar-refractivity contribution in [1.82, 2.24) is 5.48 Å². The van der Waals surface area contributed by atoms with Gasteiger partial charge in [-0.3, -0.25) is 4.84 Å². The number of hydrogen-bond acceptors (Lipinski definition) is 5. The highest BCUT2D eigenvalue weighted by atomic mass is 16.7. The Bertz CT molecular complexity index is 584. The van der Waals surface area contributed by atoms with Crippen LogP contribution < -0.4 is 10.4 Å². The molecule has 0 aliphatic carbocycles. The van der Waals surface area contributed by atoms with Gasteiger partial charge in [0.2, 0.25) is 0 Å². The van der Waals surface area contributed by atoms with Crippen molar-refractivity contribution in [2.24, 2.45) is 0 Å². The van der Waals surface area contributed by atoms with Gasteiger partial charge in [0, 0.05) is 24.7 Å². The van der Waals surface area contributed by atoms with Crippen molar-refractivity contribution >= 4 is 11.8 Å². The molecule has 2 unspecified atom stereocenters. The van der Waals surface area contributed by atoms with E-state index in [1.165, 1.54) is 0 Å². The topological polar surface area (TPSA) is 60.0 Å². The Morgan fingerprint density at radius 3 is 2.86 bits per heavy atom. The predicted molar refractivity (Wildman–Crippen MR) is 81.3 cm³/mol. The Kier molecular flexibility index (Phi) is 3.53. The van der Waals surface area contributed by atoms with Crippen LogP contribution in [-0.2, 0) is 19.9 Å². The van der Waals surface area contributed by atoms with E-state index in [-0.39, 0.29) is 6.23 Å². The molecular weight excluding hydrogens is 284 g/mol. The van der Waals surface area contributed by atoms with Crippen LogP contribution in [0.3, 0.4) is 0 Å². The first-order chi connectivity index (χ1) is 10.3. The molecule has 0 radical (unpaired) electrons. The highest BCUT2D eigenvalue weighted by Gasteiger charge is 2.56. The molecule has 6 heteroatoms. The van der Waals surface area contributed by atoms with Crippen LogP contribution in [-0.4, -0.2) is 31.6 Å². The predicted octanol–water partition coefficient (Wildman–Crippen LogP) is 2.53. The van der Waals surface area contributed by atoms with Crippen LogP contribution >= 0.6 is 0 Å². The maximum absolute atomic E-state index is 11.9. The van der Waals surface area contributed by atoms with Crippen molar-refractivity contribution in [2.75, 3.05) is 18.6 Å². The smallest absolute Gasteiger partial charge is 0.431 e. The lowest BCUT2D eigenvalue weighted by Crippen LogP contribution is -2.46. The number of benzene rings is 1. The highest BCUT2D eigenvalue weighted by molar-refractivity contribution is 5.67. The number of para-hydroxylation sites is 1. The van der Waals surface area contributed by atoms with Gasteiger partial charge in [0.05, 0.1) is 6.61 Å². The van der Waals surface area contributed by atoms with E-state index >= 15 is 0 Å². The van der Waals surface area contributed by atoms with Gasteiger partial charge in [-0.25, -0.2) is 4.79 Å². The summed E-state index contributed by atoms with van der Waals surface area (Å²) in [6.45, 7) is 6.01. The molecule has 1 aromatic carbocycles. The van der Waals surface area contributed by atoms with Crippen molar-refractivity contribution < 1.29 is 19.1 Å². The largest absolute Gasteiger partial charge is 0.442 e. The van der Waals surface area contributed by atoms with E-state index < -0.39 is 17.3 Å². The van der Waals surface area contributed by atoms with Gasteiger partial charge in [0.15, 0.2) is 11.8 Å². The van der Waals surface area contributed by atoms with Crippen LogP contribution in [0.1, 0.15) is 32.8 Å². The first kappa shape index (κ1) is 15.1. The molecule has 1 saturated heterocycles. The molecule has 3 rings (SSSR count). The summed E-state index contributed by atoms with van der Waals surface area (Å²) in [5, 5.41) is 0. The number of fused-ring (bicyclic) bond motifs is 3. The fraction of sp³-hybridized carbons (Fsp3) is 0.562. The number of carbonyl (C=O) groups excluding carboxylic acids is 1. The monoisotopic (exact) mass is 306 g/mol. The quantitative estimate of drug-likeness (QED) is 0.851. The molecule has 1 fully saturated rings. The minimum atomic E-state index is -0.692. The molecule has 2 aliphatic rings. The lowest BCUT2D eigenvalue weighted by molar-refractivity contribution is -0.133. The van der Waals surface area contributed by atoms with Gasteiger partial charge in [-0.05, 0) is 26.8 Å². The summed E-state index contributed by atoms with van der Waals surface area (Å²) in [7, 11) is 1.97. The minimum Gasteiger partial charge on any atom is -0.442 e. The fourth-order valence-electron chi connectivity index (χ4n) is 3.13. The summed E-state index contributed by atoms with van der Waals surface area (Å²) in [6.07, 6.45) is -0.172. The third kappa shape index (κ3) is 2.42. The van der Waals surface area contributed by atoms with E-state index in [2.05, 4.69) is 5.48 Å². The van der Waals surface area contributed by atoms with Gasteiger partial charge in [-0.15, -0.1) is 0 Å². The van der Waals surface area contributed by atoms with Gasteiger partial charge in [-0.2, -0.15) is 5.48 Å². The van der Waals surface area contributed by atoms with Crippen molar-refractivity contribution in [3.05, 3.63) is 29.8 Å². The maximum Gasteiger partial charge on any atom is 0.431 e. The molecule has 0 aromatic heterocycles. The second-order valence-corrected chi connectivity index (χ2v) is 6.70. The number of likely N-dealkylation sites (N-methyl/N-ethyl adjacent to an activating group) is 1. The number of hydrogen-bond donors (Lipinski definition) is 1. The van der Waals surface area contributed by atoms with Gasteiger partial charge in [-0.1, -0.05) is 18.2 Å². The average molecular weight is 306 g/mol. The van der Waals surface area contributed by atoms with Crippen molar-refractivity contribution in [1.29, 1.82) is 0 Å². The van der Waals surface area contributed by atoms with Crippen molar-refractivity contribution in [3.63, 3.8) is 0 Å². The zero-order valence-electron chi connectivity index (χ0n) is 13.4. The molecule has 1 amide bonds. The van der Waals surface area contributed by atoms with E-state index in [0.29, 0.717) is 13.0 Å². The molecule has 0 bridgehead atoms. The third-order valence-electron chi connectivity index (χ3n) is 3.96. The lowest BCUT2D eigenvalue weighted by atomic mass is 9.93. The van der Waals surface area contributed by atoms with E-state index in [0.717, 1.165) is 11.3 Å². The number of nitrogens with zero attached hydrogens (tertiary/aromatic N) is 1. The Morgan fingerprint density at radius 2 is 2.14 bits per heavy atom. The zero-order valence-corrected chi connectivity index (χ0v) is 13.4. The standard InChI is InChI=1S/C16H22N2O4/c1-15(2,3)21-14(19)17-22-16-9-10-20-13(16)18(4)12-8-6-5-7-11(12)16/h5-8,13H,9-10H2,1-4H3,(H,17,19). The Labute approximate surface area is 130 Å². The Morgan fingerprint density at radius 1 is 1.41 bits per heavy atom. The summed E-state index contributed by atoms with van der Waals surface area (Å²) in [4.78, 5) is 19.8. The number of ether oxygens (including phenoxy) is 2. The molecule has 6 nitrogen and oxygen atoms in total. The number of hydroxylamine groups is 1. The summed E-state index contributed by atoms with van der Waals surface area (Å²) in [5.41, 5.74) is 3.25. The van der Waals surface area contributed by atoms with Crippen LogP contribution in [0.15, 0.2) is 24.3 Å². The van der Waals surface area contributed by atoms with E-state index in [4.69, 9.17) is 14.3 Å². The molecule has 1 aromatic rings. The van der Waals surface area contributed by atoms with E-state index in [1.807, 2.05) is 57.0 Å². The number of rotatable bonds is 2. The second kappa shape index (κ2) is 5.14. The van der Waals surface area contributed by atoms with Gasteiger partial charge < -0.3 is 14.4 Å². The van der Waals surface area contributed by atoms with E-state index in [1.54, 1.807) is 0 Å². The molecule has 1 N–H and O–H groups in total. The number of nitrogens with one attached hydrogen (secondary N) is 1. The summed E-state index contributed by atoms with van der Waals surface area (Å²) in [5.74, 6) is 0. The number of amides is 1. The third-order valence-corrected chi connectivity index (χ3v) is 3.96. The first-order valence-electron chi connectivity index (χ1n) is 7.44. The van der Waals surface area contributed by atoms with Crippen LogP contribution in [0, 0.1) is 0 Å². The van der Waals surface area contributed by atoms with E-state index in [9.17, 15) is 4.79 Å². The molecule has 2 atom stereocenters. The van der Waals surface area contributed by atoms with Gasteiger partial charge in [0.25, 0.3) is 0 Å². The zero-order chi connectivity index (χ0) is 16.0. The summed E-state index contributed by atoms with van der Waals surface area (Å²) < 4.78 is 11.0. The van der Waals surface area contributed by atoms with Crippen LogP contribution in [0.2, 0.25) is 0 Å². The SMILES string of the molecule is CN1c2ccccc2C2(ONC(=O)OC(C)(C)C)CCOC12. The normalized spacial score (nSPS) is 26.5. The molecule has 0 spiro atoms. The molecule has 2 aliphatic heterocycles. The number of anilines is 1. The second-order valence-electron chi connectivity index (χ2n) is 6.70. The molecule has 2 heterocycles. The molecule has 22 heavy (non-hydrogen) atoms. The first-order valence-corrected chi connectivity index (χ1v) is 7.44. The fourth-order valence-corrected chi connectivity index (χ4v) is 3.13. The minimum absolute atomic E-state index is 0.250. The highest BCUT2D eigenvalue weighted by Crippen LogP contribution is 2.50. The molecule has 0 saturated carbocycles. The lowest BCUT2D eigenvalue weighted by Gasteiger charge is -2.30. The van der Waals surface area contributed by atoms with Crippen LogP contribution in [0.25, 0.3) is 0 Å². The Balaban J connectivity index is 1.81. The average Bonchev–Trinajstić information content (AvgIpc) is 2.95. The maximum atomic E-state index is 11.9. The number of carbonyl (C=O) groups is 1. The van der Waals surface area contributed by atoms with Gasteiger partial charge >= 0.3 is 6.09 Å². The van der Waals surface area contributed by atoms with Crippen LogP contribution in [0.4, 0.5) is 10.5 Å². The van der Waals surface area contributed by atoms with Crippen molar-refractivity contribution in [2.45, 2.75) is 44.6 Å². The van der Waals surface area contributed by atoms with Crippen LogP contribution in [0.5, 0.6) is 0 Å². The Hall–Kier alpha value is -1.79.